The SMILES string of the molecule is CNc1ncc(-c2ccc3c(c2)CCCC3)cn1. The van der Waals surface area contributed by atoms with Crippen LogP contribution in [0.2, 0.25) is 0 Å². The van der Waals surface area contributed by atoms with Gasteiger partial charge in [-0.1, -0.05) is 18.2 Å². The van der Waals surface area contributed by atoms with Gasteiger partial charge in [0.1, 0.15) is 0 Å². The molecule has 1 heterocycles. The van der Waals surface area contributed by atoms with E-state index in [-0.39, 0.29) is 0 Å². The van der Waals surface area contributed by atoms with E-state index >= 15 is 0 Å². The second-order valence-corrected chi connectivity index (χ2v) is 4.74. The maximum absolute atomic E-state index is 4.26. The Morgan fingerprint density at radius 1 is 0.944 bits per heavy atom. The van der Waals surface area contributed by atoms with Crippen LogP contribution in [0.15, 0.2) is 30.6 Å². The van der Waals surface area contributed by atoms with Crippen LogP contribution in [0.5, 0.6) is 0 Å². The number of nitrogens with zero attached hydrogens (tertiary/aromatic N) is 2. The summed E-state index contributed by atoms with van der Waals surface area (Å²) < 4.78 is 0. The largest absolute Gasteiger partial charge is 0.357 e. The lowest BCUT2D eigenvalue weighted by Gasteiger charge is -2.16. The lowest BCUT2D eigenvalue weighted by molar-refractivity contribution is 0.686. The molecule has 1 N–H and O–H groups in total. The first-order chi connectivity index (χ1) is 8.86. The second-order valence-electron chi connectivity index (χ2n) is 4.74. The molecule has 1 aliphatic rings. The Kier molecular flexibility index (Phi) is 2.97. The van der Waals surface area contributed by atoms with E-state index in [1.807, 2.05) is 19.4 Å². The zero-order valence-electron chi connectivity index (χ0n) is 10.6. The summed E-state index contributed by atoms with van der Waals surface area (Å²) in [6.45, 7) is 0. The van der Waals surface area contributed by atoms with E-state index < -0.39 is 0 Å². The third kappa shape index (κ3) is 2.08. The Bertz CT molecular complexity index is 546. The highest BCUT2D eigenvalue weighted by atomic mass is 15.1. The van der Waals surface area contributed by atoms with Crippen LogP contribution in [0, 0.1) is 0 Å². The molecule has 1 aromatic carbocycles. The van der Waals surface area contributed by atoms with Crippen molar-refractivity contribution in [1.82, 2.24) is 9.97 Å². The van der Waals surface area contributed by atoms with Gasteiger partial charge >= 0.3 is 0 Å². The number of aryl methyl sites for hydroxylation is 2. The summed E-state index contributed by atoms with van der Waals surface area (Å²) in [6.07, 6.45) is 8.83. The van der Waals surface area contributed by atoms with Gasteiger partial charge in [0.2, 0.25) is 5.95 Å². The summed E-state index contributed by atoms with van der Waals surface area (Å²) in [5, 5.41) is 2.93. The molecule has 0 bridgehead atoms. The molecular formula is C15H17N3. The van der Waals surface area contributed by atoms with E-state index in [1.165, 1.54) is 42.4 Å². The number of aromatic nitrogens is 2. The van der Waals surface area contributed by atoms with Gasteiger partial charge in [-0.05, 0) is 42.4 Å². The second kappa shape index (κ2) is 4.77. The van der Waals surface area contributed by atoms with E-state index in [1.54, 1.807) is 0 Å². The zero-order chi connectivity index (χ0) is 12.4. The molecule has 0 spiro atoms. The molecule has 0 atom stereocenters. The molecule has 3 nitrogen and oxygen atoms in total. The van der Waals surface area contributed by atoms with Gasteiger partial charge in [-0.3, -0.25) is 0 Å². The average molecular weight is 239 g/mol. The first-order valence-corrected chi connectivity index (χ1v) is 6.49. The predicted octanol–water partition coefficient (Wildman–Crippen LogP) is 3.06. The summed E-state index contributed by atoms with van der Waals surface area (Å²) in [6, 6.07) is 6.74. The Morgan fingerprint density at radius 3 is 2.39 bits per heavy atom. The van der Waals surface area contributed by atoms with Crippen molar-refractivity contribution in [3.8, 4) is 11.1 Å². The number of nitrogens with one attached hydrogen (secondary N) is 1. The molecule has 0 saturated heterocycles. The summed E-state index contributed by atoms with van der Waals surface area (Å²) >= 11 is 0. The molecule has 3 heteroatoms. The molecule has 2 aromatic rings. The molecule has 0 unspecified atom stereocenters. The lowest BCUT2D eigenvalue weighted by Crippen LogP contribution is -2.02. The van der Waals surface area contributed by atoms with Crippen LogP contribution in [0.4, 0.5) is 5.95 Å². The van der Waals surface area contributed by atoms with Crippen molar-refractivity contribution in [2.24, 2.45) is 0 Å². The fourth-order valence-corrected chi connectivity index (χ4v) is 2.52. The number of rotatable bonds is 2. The summed E-state index contributed by atoms with van der Waals surface area (Å²) in [4.78, 5) is 8.53. The number of fused-ring (bicyclic) bond motifs is 1. The van der Waals surface area contributed by atoms with Crippen molar-refractivity contribution in [2.75, 3.05) is 12.4 Å². The third-order valence-electron chi connectivity index (χ3n) is 3.56. The number of anilines is 1. The van der Waals surface area contributed by atoms with Crippen molar-refractivity contribution >= 4 is 5.95 Å². The standard InChI is InChI=1S/C15H17N3/c1-16-15-17-9-14(10-18-15)13-7-6-11-4-2-3-5-12(11)8-13/h6-10H,2-5H2,1H3,(H,16,17,18). The van der Waals surface area contributed by atoms with Crippen LogP contribution in [0.25, 0.3) is 11.1 Å². The smallest absolute Gasteiger partial charge is 0.222 e. The number of benzene rings is 1. The van der Waals surface area contributed by atoms with Crippen molar-refractivity contribution in [2.45, 2.75) is 25.7 Å². The predicted molar refractivity (Wildman–Crippen MR) is 73.7 cm³/mol. The summed E-state index contributed by atoms with van der Waals surface area (Å²) in [5.74, 6) is 0.664. The minimum absolute atomic E-state index is 0.664. The average Bonchev–Trinajstić information content (AvgIpc) is 2.47. The first-order valence-electron chi connectivity index (χ1n) is 6.49. The normalized spacial score (nSPS) is 14.1. The van der Waals surface area contributed by atoms with Gasteiger partial charge in [-0.25, -0.2) is 9.97 Å². The quantitative estimate of drug-likeness (QED) is 0.875. The maximum Gasteiger partial charge on any atom is 0.222 e. The molecule has 18 heavy (non-hydrogen) atoms. The molecule has 0 fully saturated rings. The Hall–Kier alpha value is -1.90. The molecule has 0 saturated carbocycles. The van der Waals surface area contributed by atoms with E-state index in [9.17, 15) is 0 Å². The fraction of sp³-hybridized carbons (Fsp3) is 0.333. The molecule has 92 valence electrons. The van der Waals surface area contributed by atoms with Crippen LogP contribution < -0.4 is 5.32 Å². The van der Waals surface area contributed by atoms with Crippen molar-refractivity contribution < 1.29 is 0 Å². The third-order valence-corrected chi connectivity index (χ3v) is 3.56. The lowest BCUT2D eigenvalue weighted by atomic mass is 9.89. The molecule has 3 rings (SSSR count). The van der Waals surface area contributed by atoms with Crippen molar-refractivity contribution in [3.63, 3.8) is 0 Å². The van der Waals surface area contributed by atoms with Crippen LogP contribution in [-0.2, 0) is 12.8 Å². The highest BCUT2D eigenvalue weighted by Gasteiger charge is 2.10. The maximum atomic E-state index is 4.26. The number of hydrogen-bond donors (Lipinski definition) is 1. The minimum Gasteiger partial charge on any atom is -0.357 e. The van der Waals surface area contributed by atoms with E-state index in [0.29, 0.717) is 5.95 Å². The van der Waals surface area contributed by atoms with Gasteiger partial charge in [-0.2, -0.15) is 0 Å². The van der Waals surface area contributed by atoms with Gasteiger partial charge in [0, 0.05) is 25.0 Å². The number of hydrogen-bond acceptors (Lipinski definition) is 3. The highest BCUT2D eigenvalue weighted by Crippen LogP contribution is 2.26. The van der Waals surface area contributed by atoms with Gasteiger partial charge < -0.3 is 5.32 Å². The molecule has 1 aromatic heterocycles. The molecule has 0 radical (unpaired) electrons. The Balaban J connectivity index is 1.95. The van der Waals surface area contributed by atoms with E-state index in [0.717, 1.165) is 5.56 Å². The topological polar surface area (TPSA) is 37.8 Å². The monoisotopic (exact) mass is 239 g/mol. The summed E-state index contributed by atoms with van der Waals surface area (Å²) in [7, 11) is 1.83. The van der Waals surface area contributed by atoms with Gasteiger partial charge in [0.15, 0.2) is 0 Å². The van der Waals surface area contributed by atoms with Crippen molar-refractivity contribution in [3.05, 3.63) is 41.7 Å². The molecule has 1 aliphatic carbocycles. The molecule has 0 aliphatic heterocycles. The van der Waals surface area contributed by atoms with Crippen LogP contribution >= 0.6 is 0 Å². The zero-order valence-corrected chi connectivity index (χ0v) is 10.6. The Morgan fingerprint density at radius 2 is 1.67 bits per heavy atom. The van der Waals surface area contributed by atoms with Gasteiger partial charge in [-0.15, -0.1) is 0 Å². The fourth-order valence-electron chi connectivity index (χ4n) is 2.52. The van der Waals surface area contributed by atoms with Crippen molar-refractivity contribution in [1.29, 1.82) is 0 Å². The van der Waals surface area contributed by atoms with Crippen LogP contribution in [0.1, 0.15) is 24.0 Å². The van der Waals surface area contributed by atoms with Crippen LogP contribution in [-0.4, -0.2) is 17.0 Å². The van der Waals surface area contributed by atoms with Crippen LogP contribution in [0.3, 0.4) is 0 Å². The highest BCUT2D eigenvalue weighted by molar-refractivity contribution is 5.64. The summed E-state index contributed by atoms with van der Waals surface area (Å²) in [5.41, 5.74) is 5.31. The molecular weight excluding hydrogens is 222 g/mol. The minimum atomic E-state index is 0.664. The van der Waals surface area contributed by atoms with Gasteiger partial charge in [0.25, 0.3) is 0 Å². The Labute approximate surface area is 107 Å². The molecule has 0 amide bonds. The first kappa shape index (κ1) is 11.2. The van der Waals surface area contributed by atoms with Gasteiger partial charge in [0.05, 0.1) is 0 Å². The van der Waals surface area contributed by atoms with E-state index in [2.05, 4.69) is 33.5 Å². The van der Waals surface area contributed by atoms with E-state index in [4.69, 9.17) is 0 Å².